The summed E-state index contributed by atoms with van der Waals surface area (Å²) in [6, 6.07) is 10.2. The quantitative estimate of drug-likeness (QED) is 0.824. The van der Waals surface area contributed by atoms with E-state index in [0.29, 0.717) is 0 Å². The fourth-order valence-electron chi connectivity index (χ4n) is 2.90. The van der Waals surface area contributed by atoms with Crippen molar-refractivity contribution in [1.82, 2.24) is 14.9 Å². The summed E-state index contributed by atoms with van der Waals surface area (Å²) in [6.45, 7) is 7.15. The highest BCUT2D eigenvalue weighted by Crippen LogP contribution is 2.22. The van der Waals surface area contributed by atoms with E-state index in [1.165, 1.54) is 11.1 Å². The number of aryl methyl sites for hydroxylation is 1. The highest BCUT2D eigenvalue weighted by Gasteiger charge is 2.26. The molecule has 1 aliphatic rings. The molecule has 132 valence electrons. The van der Waals surface area contributed by atoms with E-state index >= 15 is 0 Å². The van der Waals surface area contributed by atoms with Gasteiger partial charge < -0.3 is 9.80 Å². The molecule has 0 N–H and O–H groups in total. The van der Waals surface area contributed by atoms with Crippen molar-refractivity contribution >= 4 is 23.6 Å². The van der Waals surface area contributed by atoms with E-state index in [9.17, 15) is 4.79 Å². The third-order valence-electron chi connectivity index (χ3n) is 4.52. The summed E-state index contributed by atoms with van der Waals surface area (Å²) in [5.74, 6) is 1.85. The molecule has 1 saturated heterocycles. The lowest BCUT2D eigenvalue weighted by molar-refractivity contribution is -0.130. The average molecular weight is 356 g/mol. The van der Waals surface area contributed by atoms with Crippen LogP contribution in [0, 0.1) is 6.92 Å². The molecule has 3 rings (SSSR count). The number of thioether (sulfide) groups is 1. The summed E-state index contributed by atoms with van der Waals surface area (Å²) in [4.78, 5) is 25.4. The van der Waals surface area contributed by atoms with E-state index < -0.39 is 0 Å². The first-order valence-electron chi connectivity index (χ1n) is 8.62. The first kappa shape index (κ1) is 17.7. The molecule has 5 nitrogen and oxygen atoms in total. The zero-order valence-corrected chi connectivity index (χ0v) is 15.6. The minimum atomic E-state index is -0.0286. The van der Waals surface area contributed by atoms with Gasteiger partial charge in [-0.15, -0.1) is 11.8 Å². The Morgan fingerprint density at radius 1 is 1.12 bits per heavy atom. The lowest BCUT2D eigenvalue weighted by atomic mass is 10.1. The van der Waals surface area contributed by atoms with Crippen LogP contribution in [0.4, 0.5) is 5.95 Å². The van der Waals surface area contributed by atoms with Gasteiger partial charge in [0, 0.05) is 44.3 Å². The Bertz CT molecular complexity index is 702. The smallest absolute Gasteiger partial charge is 0.235 e. The molecule has 1 atom stereocenters. The number of benzene rings is 1. The van der Waals surface area contributed by atoms with Crippen molar-refractivity contribution < 1.29 is 4.79 Å². The number of aromatic nitrogens is 2. The monoisotopic (exact) mass is 356 g/mol. The number of amides is 1. The Balaban J connectivity index is 1.49. The number of piperazine rings is 1. The Morgan fingerprint density at radius 3 is 2.48 bits per heavy atom. The van der Waals surface area contributed by atoms with Crippen LogP contribution in [0.1, 0.15) is 18.1 Å². The van der Waals surface area contributed by atoms with Gasteiger partial charge in [-0.05, 0) is 31.0 Å². The van der Waals surface area contributed by atoms with Gasteiger partial charge in [0.05, 0.1) is 5.25 Å². The third kappa shape index (κ3) is 4.51. The van der Waals surface area contributed by atoms with Crippen LogP contribution in [0.2, 0.25) is 0 Å². The fraction of sp³-hybridized carbons (Fsp3) is 0.421. The molecule has 1 aromatic heterocycles. The molecule has 6 heteroatoms. The second kappa shape index (κ2) is 8.34. The summed E-state index contributed by atoms with van der Waals surface area (Å²) in [5, 5.41) is -0.0286. The fourth-order valence-corrected chi connectivity index (χ4v) is 3.94. The molecule has 1 unspecified atom stereocenters. The Hall–Kier alpha value is -2.08. The normalized spacial score (nSPS) is 15.9. The van der Waals surface area contributed by atoms with Crippen LogP contribution >= 0.6 is 11.8 Å². The van der Waals surface area contributed by atoms with Crippen molar-refractivity contribution in [3.05, 3.63) is 53.9 Å². The molecule has 1 fully saturated rings. The van der Waals surface area contributed by atoms with Gasteiger partial charge in [-0.25, -0.2) is 9.97 Å². The number of carbonyl (C=O) groups excluding carboxylic acids is 1. The number of anilines is 1. The summed E-state index contributed by atoms with van der Waals surface area (Å²) in [7, 11) is 0. The average Bonchev–Trinajstić information content (AvgIpc) is 2.67. The number of hydrogen-bond acceptors (Lipinski definition) is 5. The van der Waals surface area contributed by atoms with E-state index in [4.69, 9.17) is 0 Å². The highest BCUT2D eigenvalue weighted by molar-refractivity contribution is 7.99. The molecule has 2 heterocycles. The zero-order valence-electron chi connectivity index (χ0n) is 14.8. The predicted molar refractivity (Wildman–Crippen MR) is 103 cm³/mol. The maximum absolute atomic E-state index is 12.7. The third-order valence-corrected chi connectivity index (χ3v) is 5.70. The molecule has 1 aromatic carbocycles. The molecule has 1 aliphatic heterocycles. The SMILES string of the molecule is Cc1ccccc1CSC(C)C(=O)N1CCN(c2ncccn2)CC1. The van der Waals surface area contributed by atoms with E-state index in [0.717, 1.165) is 37.9 Å². The molecule has 0 spiro atoms. The lowest BCUT2D eigenvalue weighted by Gasteiger charge is -2.35. The van der Waals surface area contributed by atoms with Crippen LogP contribution in [-0.2, 0) is 10.5 Å². The number of rotatable bonds is 5. The van der Waals surface area contributed by atoms with Crippen molar-refractivity contribution in [2.75, 3.05) is 31.1 Å². The van der Waals surface area contributed by atoms with Gasteiger partial charge >= 0.3 is 0 Å². The van der Waals surface area contributed by atoms with Gasteiger partial charge in [0.2, 0.25) is 11.9 Å². The standard InChI is InChI=1S/C19H24N4OS/c1-15-6-3-4-7-17(15)14-25-16(2)18(24)22-10-12-23(13-11-22)19-20-8-5-9-21-19/h3-9,16H,10-14H2,1-2H3. The minimum Gasteiger partial charge on any atom is -0.338 e. The van der Waals surface area contributed by atoms with E-state index in [1.54, 1.807) is 24.2 Å². The molecule has 0 aliphatic carbocycles. The first-order valence-corrected chi connectivity index (χ1v) is 9.67. The Morgan fingerprint density at radius 2 is 1.80 bits per heavy atom. The minimum absolute atomic E-state index is 0.0286. The van der Waals surface area contributed by atoms with Gasteiger partial charge in [-0.2, -0.15) is 0 Å². The van der Waals surface area contributed by atoms with Crippen molar-refractivity contribution in [2.45, 2.75) is 24.9 Å². The summed E-state index contributed by atoms with van der Waals surface area (Å²) in [5.41, 5.74) is 2.59. The Labute approximate surface area is 153 Å². The number of hydrogen-bond donors (Lipinski definition) is 0. The zero-order chi connectivity index (χ0) is 17.6. The number of nitrogens with zero attached hydrogens (tertiary/aromatic N) is 4. The summed E-state index contributed by atoms with van der Waals surface area (Å²) < 4.78 is 0. The largest absolute Gasteiger partial charge is 0.338 e. The molecular formula is C19H24N4OS. The van der Waals surface area contributed by atoms with Crippen molar-refractivity contribution in [3.8, 4) is 0 Å². The van der Waals surface area contributed by atoms with Crippen LogP contribution in [0.5, 0.6) is 0 Å². The van der Waals surface area contributed by atoms with Gasteiger partial charge in [-0.3, -0.25) is 4.79 Å². The molecule has 0 saturated carbocycles. The van der Waals surface area contributed by atoms with Gasteiger partial charge in [-0.1, -0.05) is 24.3 Å². The van der Waals surface area contributed by atoms with Crippen LogP contribution in [0.3, 0.4) is 0 Å². The molecule has 2 aromatic rings. The highest BCUT2D eigenvalue weighted by atomic mass is 32.2. The van der Waals surface area contributed by atoms with Crippen LogP contribution in [-0.4, -0.2) is 52.2 Å². The van der Waals surface area contributed by atoms with Crippen molar-refractivity contribution in [2.24, 2.45) is 0 Å². The molecule has 0 radical (unpaired) electrons. The maximum atomic E-state index is 12.7. The van der Waals surface area contributed by atoms with Gasteiger partial charge in [0.1, 0.15) is 0 Å². The molecule has 25 heavy (non-hydrogen) atoms. The molecule has 1 amide bonds. The molecular weight excluding hydrogens is 332 g/mol. The first-order chi connectivity index (χ1) is 12.1. The summed E-state index contributed by atoms with van der Waals surface area (Å²) in [6.07, 6.45) is 3.51. The van der Waals surface area contributed by atoms with E-state index in [-0.39, 0.29) is 11.2 Å². The predicted octanol–water partition coefficient (Wildman–Crippen LogP) is 2.76. The van der Waals surface area contributed by atoms with Gasteiger partial charge in [0.15, 0.2) is 0 Å². The Kier molecular flexibility index (Phi) is 5.91. The van der Waals surface area contributed by atoms with Crippen LogP contribution < -0.4 is 4.90 Å². The lowest BCUT2D eigenvalue weighted by Crippen LogP contribution is -2.51. The maximum Gasteiger partial charge on any atom is 0.235 e. The van der Waals surface area contributed by atoms with Crippen LogP contribution in [0.15, 0.2) is 42.7 Å². The van der Waals surface area contributed by atoms with Crippen molar-refractivity contribution in [1.29, 1.82) is 0 Å². The van der Waals surface area contributed by atoms with Crippen LogP contribution in [0.25, 0.3) is 0 Å². The summed E-state index contributed by atoms with van der Waals surface area (Å²) >= 11 is 1.71. The second-order valence-corrected chi connectivity index (χ2v) is 7.57. The van der Waals surface area contributed by atoms with Gasteiger partial charge in [0.25, 0.3) is 0 Å². The number of carbonyl (C=O) groups is 1. The van der Waals surface area contributed by atoms with E-state index in [1.807, 2.05) is 24.0 Å². The topological polar surface area (TPSA) is 49.3 Å². The van der Waals surface area contributed by atoms with Crippen molar-refractivity contribution in [3.63, 3.8) is 0 Å². The molecule has 0 bridgehead atoms. The second-order valence-electron chi connectivity index (χ2n) is 6.24. The van der Waals surface area contributed by atoms with E-state index in [2.05, 4.69) is 40.0 Å².